The van der Waals surface area contributed by atoms with Gasteiger partial charge in [0.25, 0.3) is 5.91 Å². The fraction of sp³-hybridized carbons (Fsp3) is 0.429. The maximum absolute atomic E-state index is 12.4. The van der Waals surface area contributed by atoms with E-state index in [1.807, 2.05) is 6.07 Å². The van der Waals surface area contributed by atoms with E-state index in [-0.39, 0.29) is 35.6 Å². The molecule has 0 radical (unpaired) electrons. The maximum Gasteiger partial charge on any atom is 0.255 e. The summed E-state index contributed by atoms with van der Waals surface area (Å²) in [6.45, 7) is 0.0468. The molecular weight excluding hydrogens is 244 g/mol. The van der Waals surface area contributed by atoms with Crippen molar-refractivity contribution < 1.29 is 15.0 Å². The molecule has 1 aromatic carbocycles. The number of amides is 1. The smallest absolute Gasteiger partial charge is 0.255 e. The van der Waals surface area contributed by atoms with Crippen molar-refractivity contribution in [3.8, 4) is 17.6 Å². The highest BCUT2D eigenvalue weighted by molar-refractivity contribution is 5.95. The van der Waals surface area contributed by atoms with Gasteiger partial charge in [0.05, 0.1) is 6.07 Å². The van der Waals surface area contributed by atoms with Gasteiger partial charge in [-0.1, -0.05) is 12.8 Å². The third-order valence-corrected chi connectivity index (χ3v) is 3.49. The Balaban J connectivity index is 2.23. The maximum atomic E-state index is 12.4. The lowest BCUT2D eigenvalue weighted by atomic mass is 10.1. The van der Waals surface area contributed by atoms with Crippen LogP contribution in [0.25, 0.3) is 0 Å². The van der Waals surface area contributed by atoms with Crippen molar-refractivity contribution in [2.45, 2.75) is 31.7 Å². The number of rotatable bonds is 3. The van der Waals surface area contributed by atoms with Crippen molar-refractivity contribution in [1.29, 1.82) is 5.26 Å². The van der Waals surface area contributed by atoms with E-state index in [1.165, 1.54) is 18.2 Å². The van der Waals surface area contributed by atoms with Gasteiger partial charge in [0.2, 0.25) is 0 Å². The predicted octanol–water partition coefficient (Wildman–Crippen LogP) is 2.01. The Kier molecular flexibility index (Phi) is 3.91. The zero-order chi connectivity index (χ0) is 13.8. The van der Waals surface area contributed by atoms with Crippen molar-refractivity contribution in [3.63, 3.8) is 0 Å². The third-order valence-electron chi connectivity index (χ3n) is 3.49. The first-order valence-corrected chi connectivity index (χ1v) is 6.33. The van der Waals surface area contributed by atoms with E-state index in [0.717, 1.165) is 25.7 Å². The average molecular weight is 260 g/mol. The predicted molar refractivity (Wildman–Crippen MR) is 68.7 cm³/mol. The summed E-state index contributed by atoms with van der Waals surface area (Å²) in [7, 11) is 0. The summed E-state index contributed by atoms with van der Waals surface area (Å²) in [5, 5.41) is 27.6. The molecular formula is C14H16N2O3. The van der Waals surface area contributed by atoms with Crippen LogP contribution >= 0.6 is 0 Å². The Morgan fingerprint density at radius 2 is 2.00 bits per heavy atom. The molecule has 0 bridgehead atoms. The van der Waals surface area contributed by atoms with Crippen LogP contribution in [0, 0.1) is 11.3 Å². The van der Waals surface area contributed by atoms with Crippen LogP contribution in [0.15, 0.2) is 18.2 Å². The van der Waals surface area contributed by atoms with E-state index in [1.54, 1.807) is 4.90 Å². The first-order chi connectivity index (χ1) is 9.13. The molecule has 1 aliphatic carbocycles. The number of carbonyl (C=O) groups excluding carboxylic acids is 1. The molecule has 5 heteroatoms. The molecule has 0 heterocycles. The van der Waals surface area contributed by atoms with Gasteiger partial charge in [0, 0.05) is 11.6 Å². The van der Waals surface area contributed by atoms with Crippen molar-refractivity contribution in [1.82, 2.24) is 4.90 Å². The summed E-state index contributed by atoms with van der Waals surface area (Å²) < 4.78 is 0. The number of hydrogen-bond acceptors (Lipinski definition) is 4. The lowest BCUT2D eigenvalue weighted by Crippen LogP contribution is -2.39. The quantitative estimate of drug-likeness (QED) is 0.643. The molecule has 1 amide bonds. The normalized spacial score (nSPS) is 15.1. The molecule has 2 N–H and O–H groups in total. The Bertz CT molecular complexity index is 516. The molecule has 1 saturated carbocycles. The van der Waals surface area contributed by atoms with Gasteiger partial charge in [0.15, 0.2) is 11.5 Å². The lowest BCUT2D eigenvalue weighted by molar-refractivity contribution is 0.0709. The van der Waals surface area contributed by atoms with Gasteiger partial charge in [-0.25, -0.2) is 0 Å². The van der Waals surface area contributed by atoms with E-state index < -0.39 is 0 Å². The molecule has 100 valence electrons. The SMILES string of the molecule is N#CCN(C(=O)c1ccc(O)c(O)c1)C1CCCC1. The topological polar surface area (TPSA) is 84.6 Å². The Hall–Kier alpha value is -2.22. The summed E-state index contributed by atoms with van der Waals surface area (Å²) in [6.07, 6.45) is 3.97. The molecule has 1 aliphatic rings. The highest BCUT2D eigenvalue weighted by atomic mass is 16.3. The molecule has 2 rings (SSSR count). The van der Waals surface area contributed by atoms with Crippen LogP contribution in [0.2, 0.25) is 0 Å². The summed E-state index contributed by atoms with van der Waals surface area (Å²) in [6, 6.07) is 6.08. The van der Waals surface area contributed by atoms with Crippen molar-refractivity contribution in [2.75, 3.05) is 6.54 Å². The zero-order valence-electron chi connectivity index (χ0n) is 10.5. The highest BCUT2D eigenvalue weighted by Crippen LogP contribution is 2.28. The summed E-state index contributed by atoms with van der Waals surface area (Å²) in [5.41, 5.74) is 0.289. The number of benzene rings is 1. The molecule has 0 aliphatic heterocycles. The van der Waals surface area contributed by atoms with E-state index in [2.05, 4.69) is 0 Å². The van der Waals surface area contributed by atoms with E-state index in [4.69, 9.17) is 5.26 Å². The largest absolute Gasteiger partial charge is 0.504 e. The second-order valence-corrected chi connectivity index (χ2v) is 4.73. The molecule has 0 unspecified atom stereocenters. The van der Waals surface area contributed by atoms with Crippen LogP contribution in [-0.2, 0) is 0 Å². The second kappa shape index (κ2) is 5.61. The van der Waals surface area contributed by atoms with Gasteiger partial charge < -0.3 is 15.1 Å². The van der Waals surface area contributed by atoms with Gasteiger partial charge >= 0.3 is 0 Å². The monoisotopic (exact) mass is 260 g/mol. The average Bonchev–Trinajstić information content (AvgIpc) is 2.92. The fourth-order valence-corrected chi connectivity index (χ4v) is 2.48. The number of hydrogen-bond donors (Lipinski definition) is 2. The number of phenolic OH excluding ortho intramolecular Hbond substituents is 2. The summed E-state index contributed by atoms with van der Waals surface area (Å²) in [4.78, 5) is 13.9. The fourth-order valence-electron chi connectivity index (χ4n) is 2.48. The zero-order valence-corrected chi connectivity index (χ0v) is 10.5. The molecule has 0 atom stereocenters. The minimum Gasteiger partial charge on any atom is -0.504 e. The van der Waals surface area contributed by atoms with Crippen molar-refractivity contribution in [3.05, 3.63) is 23.8 Å². The van der Waals surface area contributed by atoms with Crippen molar-refractivity contribution in [2.24, 2.45) is 0 Å². The van der Waals surface area contributed by atoms with Crippen LogP contribution in [0.3, 0.4) is 0 Å². The van der Waals surface area contributed by atoms with Crippen LogP contribution in [0.4, 0.5) is 0 Å². The Morgan fingerprint density at radius 1 is 1.32 bits per heavy atom. The standard InChI is InChI=1S/C14H16N2O3/c15-7-8-16(11-3-1-2-4-11)14(19)10-5-6-12(17)13(18)9-10/h5-6,9,11,17-18H,1-4,8H2. The van der Waals surface area contributed by atoms with Crippen LogP contribution in [0.5, 0.6) is 11.5 Å². The van der Waals surface area contributed by atoms with Crippen LogP contribution < -0.4 is 0 Å². The van der Waals surface area contributed by atoms with Gasteiger partial charge in [-0.3, -0.25) is 4.79 Å². The van der Waals surface area contributed by atoms with Gasteiger partial charge in [-0.2, -0.15) is 5.26 Å². The summed E-state index contributed by atoms with van der Waals surface area (Å²) >= 11 is 0. The van der Waals surface area contributed by atoms with E-state index in [0.29, 0.717) is 0 Å². The van der Waals surface area contributed by atoms with E-state index >= 15 is 0 Å². The minimum absolute atomic E-state index is 0.0468. The molecule has 0 aromatic heterocycles. The number of nitrogens with zero attached hydrogens (tertiary/aromatic N) is 2. The van der Waals surface area contributed by atoms with Crippen molar-refractivity contribution >= 4 is 5.91 Å². The van der Waals surface area contributed by atoms with E-state index in [9.17, 15) is 15.0 Å². The molecule has 5 nitrogen and oxygen atoms in total. The third kappa shape index (κ3) is 2.79. The number of nitriles is 1. The second-order valence-electron chi connectivity index (χ2n) is 4.73. The first kappa shape index (κ1) is 13.2. The Labute approximate surface area is 111 Å². The molecule has 1 fully saturated rings. The van der Waals surface area contributed by atoms with Gasteiger partial charge in [-0.15, -0.1) is 0 Å². The molecule has 19 heavy (non-hydrogen) atoms. The van der Waals surface area contributed by atoms with Gasteiger partial charge in [0.1, 0.15) is 6.54 Å². The minimum atomic E-state index is -0.325. The highest BCUT2D eigenvalue weighted by Gasteiger charge is 2.27. The first-order valence-electron chi connectivity index (χ1n) is 6.33. The molecule has 0 spiro atoms. The number of carbonyl (C=O) groups is 1. The number of phenols is 2. The summed E-state index contributed by atoms with van der Waals surface area (Å²) in [5.74, 6) is -0.859. The number of aromatic hydroxyl groups is 2. The van der Waals surface area contributed by atoms with Crippen LogP contribution in [0.1, 0.15) is 36.0 Å². The van der Waals surface area contributed by atoms with Crippen LogP contribution in [-0.4, -0.2) is 33.6 Å². The lowest BCUT2D eigenvalue weighted by Gasteiger charge is -2.26. The molecule has 1 aromatic rings. The molecule has 0 saturated heterocycles. The van der Waals surface area contributed by atoms with Gasteiger partial charge in [-0.05, 0) is 31.0 Å². The Morgan fingerprint density at radius 3 is 2.58 bits per heavy atom.